The number of hydrogen-bond donors (Lipinski definition) is 0. The second-order valence-corrected chi connectivity index (χ2v) is 1.57. The van der Waals surface area contributed by atoms with Crippen molar-refractivity contribution in [3.8, 4) is 0 Å². The normalized spacial score (nSPS) is 6.25. The highest BCUT2D eigenvalue weighted by Gasteiger charge is 1.64. The molecule has 0 bridgehead atoms. The summed E-state index contributed by atoms with van der Waals surface area (Å²) in [7, 11) is 0. The van der Waals surface area contributed by atoms with E-state index in [1.165, 1.54) is 0 Å². The van der Waals surface area contributed by atoms with Crippen molar-refractivity contribution >= 4 is 0 Å². The van der Waals surface area contributed by atoms with Crippen molar-refractivity contribution in [1.82, 2.24) is 0 Å². The van der Waals surface area contributed by atoms with E-state index in [1.807, 2.05) is 13.8 Å². The molecule has 0 amide bonds. The van der Waals surface area contributed by atoms with Crippen LogP contribution >= 0.6 is 0 Å². The van der Waals surface area contributed by atoms with Crippen LogP contribution in [0.25, 0.3) is 0 Å². The smallest absolute Gasteiger partial charge is 0.00921 e. The molecule has 0 aliphatic heterocycles. The van der Waals surface area contributed by atoms with Crippen LogP contribution in [-0.2, 0) is 0 Å². The molecule has 42 valence electrons. The third kappa shape index (κ3) is 5.04. The predicted molar refractivity (Wildman–Crippen MR) is 36.7 cm³/mol. The standard InChI is InChI=1S/C8H10/c1-4-5-6-7-8(2)3/h4,7H,2H2,1,3H3. The molecule has 0 rings (SSSR count). The van der Waals surface area contributed by atoms with Gasteiger partial charge in [-0.15, -0.1) is 0 Å². The average Bonchev–Trinajstić information content (AvgIpc) is 1.66. The largest absolute Gasteiger partial charge is 0.0955 e. The molecule has 0 saturated heterocycles. The fourth-order valence-corrected chi connectivity index (χ4v) is 0.248. The van der Waals surface area contributed by atoms with Crippen molar-refractivity contribution in [2.45, 2.75) is 13.8 Å². The molecule has 0 unspecified atom stereocenters. The van der Waals surface area contributed by atoms with E-state index in [9.17, 15) is 0 Å². The summed E-state index contributed by atoms with van der Waals surface area (Å²) < 4.78 is 0. The maximum atomic E-state index is 3.65. The Morgan fingerprint density at radius 1 is 1.50 bits per heavy atom. The van der Waals surface area contributed by atoms with E-state index in [4.69, 9.17) is 0 Å². The zero-order chi connectivity index (χ0) is 6.41. The Balaban J connectivity index is 4.04. The minimum atomic E-state index is 0.999. The monoisotopic (exact) mass is 106 g/mol. The quantitative estimate of drug-likeness (QED) is 0.356. The van der Waals surface area contributed by atoms with Crippen LogP contribution in [0.4, 0.5) is 0 Å². The van der Waals surface area contributed by atoms with Gasteiger partial charge in [0.2, 0.25) is 0 Å². The Hall–Kier alpha value is -0.960. The van der Waals surface area contributed by atoms with E-state index in [1.54, 1.807) is 12.2 Å². The summed E-state index contributed by atoms with van der Waals surface area (Å²) >= 11 is 0. The molecular weight excluding hydrogens is 96.1 g/mol. The molecular formula is C8H10. The Bertz CT molecular complexity index is 160. The fourth-order valence-electron chi connectivity index (χ4n) is 0.248. The Morgan fingerprint density at radius 2 is 2.12 bits per heavy atom. The van der Waals surface area contributed by atoms with E-state index in [2.05, 4.69) is 18.0 Å². The SMILES string of the molecule is C=C(C)C=C=C=CC. The first-order valence-corrected chi connectivity index (χ1v) is 2.55. The van der Waals surface area contributed by atoms with Crippen LogP contribution < -0.4 is 0 Å². The third-order valence-corrected chi connectivity index (χ3v) is 0.546. The summed E-state index contributed by atoms with van der Waals surface area (Å²) in [6, 6.07) is 0. The first-order valence-electron chi connectivity index (χ1n) is 2.55. The first kappa shape index (κ1) is 7.04. The third-order valence-electron chi connectivity index (χ3n) is 0.546. The average molecular weight is 106 g/mol. The molecule has 8 heavy (non-hydrogen) atoms. The van der Waals surface area contributed by atoms with Gasteiger partial charge in [-0.1, -0.05) is 18.0 Å². The van der Waals surface area contributed by atoms with E-state index in [-0.39, 0.29) is 0 Å². The van der Waals surface area contributed by atoms with Gasteiger partial charge in [0.15, 0.2) is 0 Å². The molecule has 0 aliphatic carbocycles. The van der Waals surface area contributed by atoms with E-state index in [0.29, 0.717) is 0 Å². The van der Waals surface area contributed by atoms with Crippen molar-refractivity contribution in [2.24, 2.45) is 0 Å². The van der Waals surface area contributed by atoms with Crippen LogP contribution in [0.2, 0.25) is 0 Å². The molecule has 0 aromatic rings. The van der Waals surface area contributed by atoms with Gasteiger partial charge >= 0.3 is 0 Å². The molecule has 0 spiro atoms. The second-order valence-electron chi connectivity index (χ2n) is 1.57. The van der Waals surface area contributed by atoms with Gasteiger partial charge in [0.1, 0.15) is 0 Å². The summed E-state index contributed by atoms with van der Waals surface area (Å²) in [4.78, 5) is 0. The van der Waals surface area contributed by atoms with Gasteiger partial charge < -0.3 is 0 Å². The highest BCUT2D eigenvalue weighted by Crippen LogP contribution is 1.83. The van der Waals surface area contributed by atoms with Gasteiger partial charge in [0, 0.05) is 0 Å². The molecule has 0 radical (unpaired) electrons. The molecule has 0 heterocycles. The van der Waals surface area contributed by atoms with Crippen molar-refractivity contribution in [3.63, 3.8) is 0 Å². The number of hydrogen-bond acceptors (Lipinski definition) is 0. The molecule has 0 atom stereocenters. The Labute approximate surface area is 50.5 Å². The number of rotatable bonds is 1. The first-order chi connectivity index (χ1) is 3.77. The Kier molecular flexibility index (Phi) is 3.70. The number of allylic oxidation sites excluding steroid dienone is 3. The van der Waals surface area contributed by atoms with Gasteiger partial charge in [0.05, 0.1) is 0 Å². The summed E-state index contributed by atoms with van der Waals surface area (Å²) in [5.41, 5.74) is 6.59. The summed E-state index contributed by atoms with van der Waals surface area (Å²) in [5, 5.41) is 0. The van der Waals surface area contributed by atoms with Crippen LogP contribution in [0, 0.1) is 0 Å². The minimum absolute atomic E-state index is 0.999. The fraction of sp³-hybridized carbons (Fsp3) is 0.250. The van der Waals surface area contributed by atoms with Gasteiger partial charge in [-0.2, -0.15) is 0 Å². The summed E-state index contributed by atoms with van der Waals surface area (Å²) in [6.07, 6.45) is 3.60. The van der Waals surface area contributed by atoms with Gasteiger partial charge in [-0.05, 0) is 31.6 Å². The van der Waals surface area contributed by atoms with Crippen LogP contribution in [0.1, 0.15) is 13.8 Å². The molecule has 0 N–H and O–H groups in total. The van der Waals surface area contributed by atoms with Crippen LogP contribution in [0.5, 0.6) is 0 Å². The second kappa shape index (κ2) is 4.21. The van der Waals surface area contributed by atoms with Crippen LogP contribution in [-0.4, -0.2) is 0 Å². The van der Waals surface area contributed by atoms with E-state index in [0.717, 1.165) is 5.57 Å². The molecule has 0 heteroatoms. The molecule has 0 aliphatic rings. The molecule has 0 saturated carbocycles. The lowest BCUT2D eigenvalue weighted by Gasteiger charge is -1.72. The highest BCUT2D eigenvalue weighted by atomic mass is 13.7. The van der Waals surface area contributed by atoms with Crippen LogP contribution in [0.3, 0.4) is 0 Å². The van der Waals surface area contributed by atoms with Gasteiger partial charge in [0.25, 0.3) is 0 Å². The van der Waals surface area contributed by atoms with E-state index >= 15 is 0 Å². The lowest BCUT2D eigenvalue weighted by Crippen LogP contribution is -1.52. The van der Waals surface area contributed by atoms with Gasteiger partial charge in [-0.3, -0.25) is 0 Å². The minimum Gasteiger partial charge on any atom is -0.0955 e. The Morgan fingerprint density at radius 3 is 2.50 bits per heavy atom. The topological polar surface area (TPSA) is 0 Å². The van der Waals surface area contributed by atoms with Crippen molar-refractivity contribution in [3.05, 3.63) is 35.8 Å². The zero-order valence-electron chi connectivity index (χ0n) is 5.36. The van der Waals surface area contributed by atoms with E-state index < -0.39 is 0 Å². The summed E-state index contributed by atoms with van der Waals surface area (Å²) in [6.45, 7) is 7.48. The molecule has 0 aromatic heterocycles. The lowest BCUT2D eigenvalue weighted by atomic mass is 10.3. The summed E-state index contributed by atoms with van der Waals surface area (Å²) in [5.74, 6) is 0. The highest BCUT2D eigenvalue weighted by molar-refractivity contribution is 5.09. The van der Waals surface area contributed by atoms with Gasteiger partial charge in [-0.25, -0.2) is 0 Å². The van der Waals surface area contributed by atoms with Crippen molar-refractivity contribution < 1.29 is 0 Å². The van der Waals surface area contributed by atoms with Crippen molar-refractivity contribution in [1.29, 1.82) is 0 Å². The molecule has 0 aromatic carbocycles. The predicted octanol–water partition coefficient (Wildman–Crippen LogP) is 2.45. The lowest BCUT2D eigenvalue weighted by molar-refractivity contribution is 1.57. The zero-order valence-corrected chi connectivity index (χ0v) is 5.36. The maximum absolute atomic E-state index is 3.65. The van der Waals surface area contributed by atoms with Crippen LogP contribution in [0.15, 0.2) is 35.8 Å². The molecule has 0 nitrogen and oxygen atoms in total. The van der Waals surface area contributed by atoms with Crippen molar-refractivity contribution in [2.75, 3.05) is 0 Å². The molecule has 0 fully saturated rings. The maximum Gasteiger partial charge on any atom is -0.00921 e.